The van der Waals surface area contributed by atoms with Crippen molar-refractivity contribution in [3.63, 3.8) is 0 Å². The fraction of sp³-hybridized carbons (Fsp3) is 0.400. The lowest BCUT2D eigenvalue weighted by Crippen LogP contribution is -2.38. The quantitative estimate of drug-likeness (QED) is 0.436. The molecule has 0 bridgehead atoms. The third-order valence-electron chi connectivity index (χ3n) is 4.83. The van der Waals surface area contributed by atoms with Crippen LogP contribution in [0.15, 0.2) is 42.5 Å². The van der Waals surface area contributed by atoms with Crippen LogP contribution in [-0.4, -0.2) is 48.3 Å². The van der Waals surface area contributed by atoms with Gasteiger partial charge in [-0.05, 0) is 24.8 Å². The summed E-state index contributed by atoms with van der Waals surface area (Å²) in [6, 6.07) is 9.69. The first-order valence-corrected chi connectivity index (χ1v) is 9.02. The number of amides is 3. The van der Waals surface area contributed by atoms with Gasteiger partial charge in [-0.25, -0.2) is 0 Å². The molecule has 1 N–H and O–H groups in total. The summed E-state index contributed by atoms with van der Waals surface area (Å²) >= 11 is 0. The molecule has 7 nitrogen and oxygen atoms in total. The van der Waals surface area contributed by atoms with Crippen molar-refractivity contribution in [3.05, 3.63) is 48.0 Å². The lowest BCUT2D eigenvalue weighted by Gasteiger charge is -2.14. The number of esters is 1. The van der Waals surface area contributed by atoms with E-state index >= 15 is 0 Å². The molecule has 2 atom stereocenters. The molecule has 0 unspecified atom stereocenters. The van der Waals surface area contributed by atoms with E-state index in [4.69, 9.17) is 4.74 Å². The molecule has 0 radical (unpaired) electrons. The Morgan fingerprint density at radius 2 is 1.67 bits per heavy atom. The van der Waals surface area contributed by atoms with Gasteiger partial charge in [0.05, 0.1) is 11.8 Å². The molecule has 0 saturated carbocycles. The van der Waals surface area contributed by atoms with Crippen LogP contribution in [0.3, 0.4) is 0 Å². The van der Waals surface area contributed by atoms with Crippen LogP contribution in [0.2, 0.25) is 0 Å². The van der Waals surface area contributed by atoms with Crippen LogP contribution in [0.25, 0.3) is 0 Å². The van der Waals surface area contributed by atoms with Gasteiger partial charge in [0.25, 0.3) is 5.91 Å². The molecule has 1 saturated heterocycles. The van der Waals surface area contributed by atoms with E-state index in [9.17, 15) is 19.2 Å². The summed E-state index contributed by atoms with van der Waals surface area (Å²) in [6.07, 6.45) is 5.48. The number of imide groups is 1. The van der Waals surface area contributed by atoms with Gasteiger partial charge in [-0.1, -0.05) is 42.5 Å². The molecular formula is C20H22N2O5. The van der Waals surface area contributed by atoms with Gasteiger partial charge in [0.1, 0.15) is 6.54 Å². The normalized spacial score (nSPS) is 21.1. The molecule has 1 aliphatic heterocycles. The number of hydrogen-bond acceptors (Lipinski definition) is 5. The largest absolute Gasteiger partial charge is 0.454 e. The second-order valence-corrected chi connectivity index (χ2v) is 6.66. The number of hydrogen-bond donors (Lipinski definition) is 1. The SMILES string of the molecule is O=C(COC(=O)CN1C(=O)[C@H]2CC=CC[C@H]2C1=O)NCCc1ccccc1. The molecule has 27 heavy (non-hydrogen) atoms. The number of rotatable bonds is 7. The maximum Gasteiger partial charge on any atom is 0.326 e. The Labute approximate surface area is 157 Å². The van der Waals surface area contributed by atoms with Crippen LogP contribution in [0, 0.1) is 11.8 Å². The van der Waals surface area contributed by atoms with E-state index in [2.05, 4.69) is 5.32 Å². The third kappa shape index (κ3) is 4.61. The standard InChI is InChI=1S/C20H22N2O5/c23-17(21-11-10-14-6-2-1-3-7-14)13-27-18(24)12-22-19(25)15-8-4-5-9-16(15)20(22)26/h1-7,15-16H,8-13H2,(H,21,23)/t15-,16+. The summed E-state index contributed by atoms with van der Waals surface area (Å²) in [6.45, 7) is -0.444. The lowest BCUT2D eigenvalue weighted by molar-refractivity contribution is -0.154. The number of likely N-dealkylation sites (tertiary alicyclic amines) is 1. The molecular weight excluding hydrogens is 348 g/mol. The number of benzene rings is 1. The van der Waals surface area contributed by atoms with Crippen molar-refractivity contribution >= 4 is 23.7 Å². The molecule has 3 amide bonds. The van der Waals surface area contributed by atoms with Crippen LogP contribution in [-0.2, 0) is 30.3 Å². The van der Waals surface area contributed by atoms with Crippen molar-refractivity contribution in [3.8, 4) is 0 Å². The van der Waals surface area contributed by atoms with E-state index < -0.39 is 25.0 Å². The lowest BCUT2D eigenvalue weighted by atomic mass is 9.85. The van der Waals surface area contributed by atoms with E-state index in [-0.39, 0.29) is 23.7 Å². The topological polar surface area (TPSA) is 92.8 Å². The summed E-state index contributed by atoms with van der Waals surface area (Å²) in [5.74, 6) is -2.61. The minimum atomic E-state index is -0.762. The second kappa shape index (κ2) is 8.62. The molecule has 1 aromatic carbocycles. The van der Waals surface area contributed by atoms with Crippen molar-refractivity contribution in [2.75, 3.05) is 19.7 Å². The van der Waals surface area contributed by atoms with Crippen LogP contribution in [0.5, 0.6) is 0 Å². The molecule has 3 rings (SSSR count). The molecule has 0 spiro atoms. The van der Waals surface area contributed by atoms with Gasteiger partial charge in [0, 0.05) is 6.54 Å². The summed E-state index contributed by atoms with van der Waals surface area (Å²) in [7, 11) is 0. The Kier molecular flexibility index (Phi) is 6.01. The first-order chi connectivity index (χ1) is 13.1. The third-order valence-corrected chi connectivity index (χ3v) is 4.83. The fourth-order valence-electron chi connectivity index (χ4n) is 3.39. The highest BCUT2D eigenvalue weighted by Gasteiger charge is 2.47. The molecule has 142 valence electrons. The molecule has 1 aliphatic carbocycles. The van der Waals surface area contributed by atoms with Crippen LogP contribution in [0.1, 0.15) is 18.4 Å². The molecule has 2 aliphatic rings. The zero-order valence-corrected chi connectivity index (χ0v) is 14.9. The highest BCUT2D eigenvalue weighted by Crippen LogP contribution is 2.34. The zero-order chi connectivity index (χ0) is 19.2. The Morgan fingerprint density at radius 1 is 1.04 bits per heavy atom. The van der Waals surface area contributed by atoms with E-state index in [0.717, 1.165) is 10.5 Å². The summed E-state index contributed by atoms with van der Waals surface area (Å²) in [4.78, 5) is 49.2. The van der Waals surface area contributed by atoms with Crippen molar-refractivity contribution < 1.29 is 23.9 Å². The number of nitrogens with one attached hydrogen (secondary N) is 1. The molecule has 1 fully saturated rings. The molecule has 7 heteroatoms. The van der Waals surface area contributed by atoms with E-state index in [1.54, 1.807) is 0 Å². The predicted molar refractivity (Wildman–Crippen MR) is 96.2 cm³/mol. The average Bonchev–Trinajstić information content (AvgIpc) is 2.92. The van der Waals surface area contributed by atoms with Crippen molar-refractivity contribution in [2.24, 2.45) is 11.8 Å². The predicted octanol–water partition coefficient (Wildman–Crippen LogP) is 0.840. The summed E-state index contributed by atoms with van der Waals surface area (Å²) in [5, 5.41) is 2.67. The van der Waals surface area contributed by atoms with E-state index in [1.165, 1.54) is 0 Å². The Hall–Kier alpha value is -2.96. The zero-order valence-electron chi connectivity index (χ0n) is 14.9. The van der Waals surface area contributed by atoms with Gasteiger partial charge in [0.15, 0.2) is 6.61 Å². The number of carbonyl (C=O) groups excluding carboxylic acids is 4. The highest BCUT2D eigenvalue weighted by atomic mass is 16.5. The fourth-order valence-corrected chi connectivity index (χ4v) is 3.39. The minimum absolute atomic E-state index is 0.335. The smallest absolute Gasteiger partial charge is 0.326 e. The van der Waals surface area contributed by atoms with Crippen molar-refractivity contribution in [1.82, 2.24) is 10.2 Å². The number of nitrogens with zero attached hydrogens (tertiary/aromatic N) is 1. The average molecular weight is 370 g/mol. The van der Waals surface area contributed by atoms with Gasteiger partial charge in [-0.2, -0.15) is 0 Å². The Morgan fingerprint density at radius 3 is 2.30 bits per heavy atom. The number of carbonyl (C=O) groups is 4. The van der Waals surface area contributed by atoms with Crippen LogP contribution >= 0.6 is 0 Å². The van der Waals surface area contributed by atoms with Gasteiger partial charge in [0.2, 0.25) is 11.8 Å². The first kappa shape index (κ1) is 18.8. The second-order valence-electron chi connectivity index (χ2n) is 6.66. The molecule has 1 aromatic rings. The number of fused-ring (bicyclic) bond motifs is 1. The van der Waals surface area contributed by atoms with E-state index in [1.807, 2.05) is 42.5 Å². The van der Waals surface area contributed by atoms with Crippen molar-refractivity contribution in [2.45, 2.75) is 19.3 Å². The first-order valence-electron chi connectivity index (χ1n) is 9.02. The monoisotopic (exact) mass is 370 g/mol. The molecule has 1 heterocycles. The Balaban J connectivity index is 1.38. The highest BCUT2D eigenvalue weighted by molar-refractivity contribution is 6.07. The van der Waals surface area contributed by atoms with Gasteiger partial charge in [-0.15, -0.1) is 0 Å². The van der Waals surface area contributed by atoms with E-state index in [0.29, 0.717) is 25.8 Å². The maximum atomic E-state index is 12.3. The van der Waals surface area contributed by atoms with Gasteiger partial charge in [-0.3, -0.25) is 24.1 Å². The summed E-state index contributed by atoms with van der Waals surface area (Å²) < 4.78 is 4.91. The van der Waals surface area contributed by atoms with Gasteiger partial charge >= 0.3 is 5.97 Å². The summed E-state index contributed by atoms with van der Waals surface area (Å²) in [5.41, 5.74) is 1.09. The molecule has 0 aromatic heterocycles. The van der Waals surface area contributed by atoms with Crippen molar-refractivity contribution in [1.29, 1.82) is 0 Å². The van der Waals surface area contributed by atoms with Gasteiger partial charge < -0.3 is 10.1 Å². The van der Waals surface area contributed by atoms with Crippen LogP contribution in [0.4, 0.5) is 0 Å². The van der Waals surface area contributed by atoms with Crippen LogP contribution < -0.4 is 5.32 Å². The number of ether oxygens (including phenoxy) is 1. The number of allylic oxidation sites excluding steroid dienone is 2. The Bertz CT molecular complexity index is 733. The maximum absolute atomic E-state index is 12.3. The minimum Gasteiger partial charge on any atom is -0.454 e.